The fraction of sp³-hybridized carbons (Fsp3) is 0.250. The fourth-order valence-electron chi connectivity index (χ4n) is 2.74. The second-order valence-electron chi connectivity index (χ2n) is 5.71. The van der Waals surface area contributed by atoms with E-state index in [9.17, 15) is 4.79 Å². The number of anilines is 2. The van der Waals surface area contributed by atoms with E-state index in [2.05, 4.69) is 41.6 Å². The molecule has 1 fully saturated rings. The molecule has 0 bridgehead atoms. The third kappa shape index (κ3) is 3.27. The van der Waals surface area contributed by atoms with Gasteiger partial charge >= 0.3 is 0 Å². The largest absolute Gasteiger partial charge is 0.366 e. The summed E-state index contributed by atoms with van der Waals surface area (Å²) in [6, 6.07) is 5.83. The van der Waals surface area contributed by atoms with Gasteiger partial charge in [0.1, 0.15) is 11.6 Å². The van der Waals surface area contributed by atoms with Crippen LogP contribution in [-0.4, -0.2) is 45.1 Å². The number of piperazine rings is 1. The Bertz CT molecular complexity index is 911. The van der Waals surface area contributed by atoms with Crippen molar-refractivity contribution < 1.29 is 4.79 Å². The van der Waals surface area contributed by atoms with Crippen LogP contribution >= 0.6 is 15.9 Å². The van der Waals surface area contributed by atoms with Crippen LogP contribution in [0.5, 0.6) is 0 Å². The Morgan fingerprint density at radius 1 is 1.36 bits per heavy atom. The number of carbonyl (C=O) groups is 1. The van der Waals surface area contributed by atoms with Crippen molar-refractivity contribution in [3.63, 3.8) is 0 Å². The van der Waals surface area contributed by atoms with Gasteiger partial charge in [-0.25, -0.2) is 4.98 Å². The minimum atomic E-state index is 0.00497. The highest BCUT2D eigenvalue weighted by molar-refractivity contribution is 9.10. The number of aromatic nitrogens is 4. The molecule has 1 aliphatic heterocycles. The third-order valence-electron chi connectivity index (χ3n) is 3.97. The first-order valence-corrected chi connectivity index (χ1v) is 8.69. The van der Waals surface area contributed by atoms with Gasteiger partial charge in [-0.05, 0) is 27.6 Å². The van der Waals surface area contributed by atoms with Crippen LogP contribution in [-0.2, 0) is 11.3 Å². The maximum absolute atomic E-state index is 11.7. The van der Waals surface area contributed by atoms with E-state index in [0.717, 1.165) is 28.2 Å². The van der Waals surface area contributed by atoms with Crippen molar-refractivity contribution in [2.45, 2.75) is 6.54 Å². The van der Waals surface area contributed by atoms with E-state index < -0.39 is 0 Å². The molecule has 0 unspecified atom stereocenters. The first kappa shape index (κ1) is 15.8. The number of carbonyl (C=O) groups excluding carboxylic acids is 1. The highest BCUT2D eigenvalue weighted by atomic mass is 79.9. The van der Waals surface area contributed by atoms with Gasteiger partial charge in [0.2, 0.25) is 5.91 Å². The molecule has 1 saturated heterocycles. The number of fused-ring (bicyclic) bond motifs is 1. The zero-order valence-electron chi connectivity index (χ0n) is 13.3. The van der Waals surface area contributed by atoms with Gasteiger partial charge in [-0.15, -0.1) is 0 Å². The van der Waals surface area contributed by atoms with E-state index in [0.29, 0.717) is 25.3 Å². The number of amides is 1. The summed E-state index contributed by atoms with van der Waals surface area (Å²) in [4.78, 5) is 22.4. The van der Waals surface area contributed by atoms with Crippen molar-refractivity contribution in [1.82, 2.24) is 24.9 Å². The van der Waals surface area contributed by atoms with Crippen LogP contribution < -0.4 is 15.5 Å². The number of halogens is 1. The first-order chi connectivity index (χ1) is 12.2. The number of nitrogens with one attached hydrogen (secondary N) is 2. The van der Waals surface area contributed by atoms with E-state index >= 15 is 0 Å². The lowest BCUT2D eigenvalue weighted by molar-refractivity contribution is -0.120. The average molecular weight is 402 g/mol. The molecule has 0 saturated carbocycles. The van der Waals surface area contributed by atoms with E-state index in [-0.39, 0.29) is 5.91 Å². The molecule has 128 valence electrons. The van der Waals surface area contributed by atoms with Crippen molar-refractivity contribution in [3.8, 4) is 0 Å². The van der Waals surface area contributed by atoms with Crippen molar-refractivity contribution in [2.75, 3.05) is 29.9 Å². The molecule has 1 aliphatic rings. The molecule has 25 heavy (non-hydrogen) atoms. The lowest BCUT2D eigenvalue weighted by Gasteiger charge is -2.28. The molecule has 3 aromatic heterocycles. The molecule has 2 N–H and O–H groups in total. The van der Waals surface area contributed by atoms with Gasteiger partial charge in [0.05, 0.1) is 17.2 Å². The molecular formula is C16H16BrN7O. The summed E-state index contributed by atoms with van der Waals surface area (Å²) in [7, 11) is 0. The number of hydrogen-bond donors (Lipinski definition) is 2. The van der Waals surface area contributed by atoms with Crippen LogP contribution in [0, 0.1) is 0 Å². The maximum atomic E-state index is 11.7. The van der Waals surface area contributed by atoms with Crippen molar-refractivity contribution in [3.05, 3.63) is 46.8 Å². The van der Waals surface area contributed by atoms with Gasteiger partial charge in [0.15, 0.2) is 5.65 Å². The Morgan fingerprint density at radius 3 is 3.08 bits per heavy atom. The van der Waals surface area contributed by atoms with Crippen molar-refractivity contribution in [2.24, 2.45) is 0 Å². The van der Waals surface area contributed by atoms with E-state index in [4.69, 9.17) is 0 Å². The maximum Gasteiger partial charge on any atom is 0.239 e. The van der Waals surface area contributed by atoms with Crippen LogP contribution in [0.3, 0.4) is 0 Å². The zero-order chi connectivity index (χ0) is 17.2. The standard InChI is InChI=1S/C16H16BrN7O/c17-12-9-21-24-13(20-8-11-2-1-3-18-7-11)6-14(22-16(12)24)23-5-4-19-15(25)10-23/h1-3,6-7,9,20H,4-5,8,10H2,(H,19,25). The molecule has 0 spiro atoms. The molecule has 0 aliphatic carbocycles. The van der Waals surface area contributed by atoms with Gasteiger partial charge in [0, 0.05) is 38.1 Å². The van der Waals surface area contributed by atoms with Crippen LogP contribution in [0.2, 0.25) is 0 Å². The molecule has 3 aromatic rings. The van der Waals surface area contributed by atoms with E-state index in [1.54, 1.807) is 16.9 Å². The fourth-order valence-corrected chi connectivity index (χ4v) is 3.09. The Hall–Kier alpha value is -2.68. The van der Waals surface area contributed by atoms with Crippen LogP contribution in [0.15, 0.2) is 41.3 Å². The predicted octanol–water partition coefficient (Wildman–Crippen LogP) is 1.44. The van der Waals surface area contributed by atoms with E-state index in [1.165, 1.54) is 0 Å². The normalized spacial score (nSPS) is 14.6. The number of nitrogens with zero attached hydrogens (tertiary/aromatic N) is 5. The second-order valence-corrected chi connectivity index (χ2v) is 6.57. The third-order valence-corrected chi connectivity index (χ3v) is 4.53. The van der Waals surface area contributed by atoms with Gasteiger partial charge in [-0.3, -0.25) is 9.78 Å². The Balaban J connectivity index is 1.68. The number of hydrogen-bond acceptors (Lipinski definition) is 6. The zero-order valence-corrected chi connectivity index (χ0v) is 14.9. The lowest BCUT2D eigenvalue weighted by atomic mass is 10.3. The van der Waals surface area contributed by atoms with E-state index in [1.807, 2.05) is 29.3 Å². The SMILES string of the molecule is O=C1CN(c2cc(NCc3cccnc3)n3ncc(Br)c3n2)CCN1. The number of rotatable bonds is 4. The lowest BCUT2D eigenvalue weighted by Crippen LogP contribution is -2.48. The van der Waals surface area contributed by atoms with Gasteiger partial charge < -0.3 is 15.5 Å². The summed E-state index contributed by atoms with van der Waals surface area (Å²) >= 11 is 3.49. The summed E-state index contributed by atoms with van der Waals surface area (Å²) in [6.07, 6.45) is 5.28. The summed E-state index contributed by atoms with van der Waals surface area (Å²) in [5.41, 5.74) is 1.77. The second kappa shape index (κ2) is 6.67. The Labute approximate surface area is 152 Å². The Morgan fingerprint density at radius 2 is 2.28 bits per heavy atom. The molecule has 1 amide bonds. The summed E-state index contributed by atoms with van der Waals surface area (Å²) in [5.74, 6) is 1.56. The smallest absolute Gasteiger partial charge is 0.239 e. The van der Waals surface area contributed by atoms with Gasteiger partial charge in [-0.1, -0.05) is 6.07 Å². The van der Waals surface area contributed by atoms with Crippen LogP contribution in [0.1, 0.15) is 5.56 Å². The van der Waals surface area contributed by atoms with Crippen LogP contribution in [0.25, 0.3) is 5.65 Å². The molecule has 9 heteroatoms. The van der Waals surface area contributed by atoms with Crippen LogP contribution in [0.4, 0.5) is 11.6 Å². The molecule has 0 radical (unpaired) electrons. The average Bonchev–Trinajstić information content (AvgIpc) is 3.02. The van der Waals surface area contributed by atoms with Crippen molar-refractivity contribution >= 4 is 39.1 Å². The quantitative estimate of drug-likeness (QED) is 0.687. The van der Waals surface area contributed by atoms with Gasteiger partial charge in [0.25, 0.3) is 0 Å². The minimum Gasteiger partial charge on any atom is -0.366 e. The predicted molar refractivity (Wildman–Crippen MR) is 97.5 cm³/mol. The summed E-state index contributed by atoms with van der Waals surface area (Å²) in [6.45, 7) is 2.26. The van der Waals surface area contributed by atoms with Crippen molar-refractivity contribution in [1.29, 1.82) is 0 Å². The first-order valence-electron chi connectivity index (χ1n) is 7.89. The van der Waals surface area contributed by atoms with Gasteiger partial charge in [-0.2, -0.15) is 9.61 Å². The highest BCUT2D eigenvalue weighted by Gasteiger charge is 2.20. The molecule has 4 heterocycles. The molecule has 0 atom stereocenters. The minimum absolute atomic E-state index is 0.00497. The summed E-state index contributed by atoms with van der Waals surface area (Å²) in [5, 5.41) is 10.6. The highest BCUT2D eigenvalue weighted by Crippen LogP contribution is 2.25. The summed E-state index contributed by atoms with van der Waals surface area (Å²) < 4.78 is 2.55. The molecule has 4 rings (SSSR count). The topological polar surface area (TPSA) is 87.5 Å². The molecular weight excluding hydrogens is 386 g/mol. The number of pyridine rings is 1. The molecule has 8 nitrogen and oxygen atoms in total. The monoisotopic (exact) mass is 401 g/mol. The molecule has 0 aromatic carbocycles. The Kier molecular flexibility index (Phi) is 4.22.